The van der Waals surface area contributed by atoms with Crippen LogP contribution in [-0.2, 0) is 10.3 Å². The number of Topliss-reactive ketones (excluding diaryl/α,β-unsaturated/α-hetero) is 1. The predicted molar refractivity (Wildman–Crippen MR) is 51.5 cm³/mol. The van der Waals surface area contributed by atoms with E-state index in [1.807, 2.05) is 0 Å². The minimum atomic E-state index is 0. The standard InChI is InChI=1S/C7H16.C3H6O.O/c1-3-5-7-6-4-2;1-3(2)4;/h3-7H2,1-2H3;1-2H3;. The SMILES string of the molecule is CC(C)=O.CCCCCCC.[O]. The molecule has 0 aromatic heterocycles. The second-order valence-electron chi connectivity index (χ2n) is 2.97. The molecule has 12 heavy (non-hydrogen) atoms. The predicted octanol–water partition coefficient (Wildman–Crippen LogP) is 3.45. The smallest absolute Gasteiger partial charge is 0.126 e. The van der Waals surface area contributed by atoms with Gasteiger partial charge in [-0.2, -0.15) is 0 Å². The molecule has 0 saturated heterocycles. The fourth-order valence-electron chi connectivity index (χ4n) is 0.677. The second kappa shape index (κ2) is 16.9. The Hall–Kier alpha value is -0.370. The van der Waals surface area contributed by atoms with E-state index in [-0.39, 0.29) is 11.3 Å². The summed E-state index contributed by atoms with van der Waals surface area (Å²) in [6.07, 6.45) is 7.01. The Morgan fingerprint density at radius 3 is 1.33 bits per heavy atom. The van der Waals surface area contributed by atoms with Crippen LogP contribution in [0, 0.1) is 0 Å². The van der Waals surface area contributed by atoms with Gasteiger partial charge in [-0.05, 0) is 13.8 Å². The highest BCUT2D eigenvalue weighted by molar-refractivity contribution is 5.72. The van der Waals surface area contributed by atoms with Crippen molar-refractivity contribution in [1.82, 2.24) is 0 Å². The number of ketones is 1. The minimum absolute atomic E-state index is 0. The van der Waals surface area contributed by atoms with E-state index in [1.54, 1.807) is 0 Å². The topological polar surface area (TPSA) is 45.6 Å². The molecule has 0 rings (SSSR count). The van der Waals surface area contributed by atoms with Gasteiger partial charge in [0.1, 0.15) is 5.78 Å². The summed E-state index contributed by atoms with van der Waals surface area (Å²) in [6.45, 7) is 7.55. The first-order valence-corrected chi connectivity index (χ1v) is 4.62. The number of carbonyl (C=O) groups is 1. The van der Waals surface area contributed by atoms with Crippen LogP contribution in [0.25, 0.3) is 0 Å². The lowest BCUT2D eigenvalue weighted by Crippen LogP contribution is -1.70. The molecule has 0 fully saturated rings. The lowest BCUT2D eigenvalue weighted by Gasteiger charge is -1.90. The third-order valence-electron chi connectivity index (χ3n) is 1.21. The van der Waals surface area contributed by atoms with Crippen molar-refractivity contribution in [3.05, 3.63) is 0 Å². The van der Waals surface area contributed by atoms with Gasteiger partial charge in [-0.15, -0.1) is 0 Å². The highest BCUT2D eigenvalue weighted by Gasteiger charge is 1.80. The largest absolute Gasteiger partial charge is 0.300 e. The zero-order valence-electron chi connectivity index (χ0n) is 8.85. The van der Waals surface area contributed by atoms with Crippen LogP contribution < -0.4 is 0 Å². The number of hydrogen-bond donors (Lipinski definition) is 0. The Morgan fingerprint density at radius 1 is 0.917 bits per heavy atom. The maximum atomic E-state index is 9.44. The van der Waals surface area contributed by atoms with E-state index in [0.29, 0.717) is 0 Å². The van der Waals surface area contributed by atoms with E-state index >= 15 is 0 Å². The van der Waals surface area contributed by atoms with Gasteiger partial charge in [-0.25, -0.2) is 0 Å². The number of carbonyl (C=O) groups excluding carboxylic acids is 1. The average molecular weight is 174 g/mol. The fraction of sp³-hybridized carbons (Fsp3) is 0.900. The van der Waals surface area contributed by atoms with Gasteiger partial charge in [-0.3, -0.25) is 0 Å². The lowest BCUT2D eigenvalue weighted by molar-refractivity contribution is -0.114. The summed E-state index contributed by atoms with van der Waals surface area (Å²) in [6, 6.07) is 0. The van der Waals surface area contributed by atoms with Crippen LogP contribution in [0.2, 0.25) is 0 Å². The zero-order valence-corrected chi connectivity index (χ0v) is 8.85. The molecule has 0 atom stereocenters. The molecule has 0 saturated carbocycles. The summed E-state index contributed by atoms with van der Waals surface area (Å²) >= 11 is 0. The van der Waals surface area contributed by atoms with E-state index in [1.165, 1.54) is 46.0 Å². The molecule has 0 aliphatic heterocycles. The van der Waals surface area contributed by atoms with Crippen molar-refractivity contribution in [3.8, 4) is 0 Å². The third kappa shape index (κ3) is 54.4. The van der Waals surface area contributed by atoms with Crippen molar-refractivity contribution < 1.29 is 10.3 Å². The molecule has 0 N–H and O–H groups in total. The highest BCUT2D eigenvalue weighted by atomic mass is 16.1. The lowest BCUT2D eigenvalue weighted by atomic mass is 10.2. The highest BCUT2D eigenvalue weighted by Crippen LogP contribution is 2.00. The zero-order chi connectivity index (χ0) is 9.11. The number of rotatable bonds is 4. The first kappa shape index (κ1) is 17.6. The number of unbranched alkanes of at least 4 members (excludes halogenated alkanes) is 4. The van der Waals surface area contributed by atoms with Crippen molar-refractivity contribution in [1.29, 1.82) is 0 Å². The van der Waals surface area contributed by atoms with Crippen molar-refractivity contribution >= 4 is 5.78 Å². The summed E-state index contributed by atoms with van der Waals surface area (Å²) in [5.41, 5.74) is 0. The van der Waals surface area contributed by atoms with Gasteiger partial charge in [-0.1, -0.05) is 46.0 Å². The number of hydrogen-bond acceptors (Lipinski definition) is 1. The molecule has 0 aromatic rings. The van der Waals surface area contributed by atoms with Crippen LogP contribution in [-0.4, -0.2) is 5.78 Å². The van der Waals surface area contributed by atoms with Crippen LogP contribution in [0.1, 0.15) is 59.8 Å². The van der Waals surface area contributed by atoms with Crippen molar-refractivity contribution in [2.75, 3.05) is 0 Å². The van der Waals surface area contributed by atoms with E-state index in [4.69, 9.17) is 0 Å². The maximum absolute atomic E-state index is 9.44. The molecule has 0 heterocycles. The summed E-state index contributed by atoms with van der Waals surface area (Å²) in [5, 5.41) is 0. The monoisotopic (exact) mass is 174 g/mol. The van der Waals surface area contributed by atoms with Crippen molar-refractivity contribution in [3.63, 3.8) is 0 Å². The molecule has 0 aliphatic rings. The van der Waals surface area contributed by atoms with Crippen LogP contribution in [0.15, 0.2) is 0 Å². The third-order valence-corrected chi connectivity index (χ3v) is 1.21. The van der Waals surface area contributed by atoms with Gasteiger partial charge >= 0.3 is 0 Å². The van der Waals surface area contributed by atoms with Crippen LogP contribution in [0.3, 0.4) is 0 Å². The molecular weight excluding hydrogens is 152 g/mol. The summed E-state index contributed by atoms with van der Waals surface area (Å²) in [7, 11) is 0. The Labute approximate surface area is 76.7 Å². The summed E-state index contributed by atoms with van der Waals surface area (Å²) in [4.78, 5) is 9.44. The van der Waals surface area contributed by atoms with Crippen molar-refractivity contribution in [2.45, 2.75) is 59.8 Å². The summed E-state index contributed by atoms with van der Waals surface area (Å²) in [5.74, 6) is 0.167. The first-order valence-electron chi connectivity index (χ1n) is 4.62. The van der Waals surface area contributed by atoms with E-state index in [0.717, 1.165) is 0 Å². The molecule has 2 radical (unpaired) electrons. The molecule has 0 aromatic carbocycles. The van der Waals surface area contributed by atoms with Gasteiger partial charge in [0, 0.05) is 5.48 Å². The van der Waals surface area contributed by atoms with Crippen LogP contribution >= 0.6 is 0 Å². The molecule has 74 valence electrons. The van der Waals surface area contributed by atoms with Crippen LogP contribution in [0.5, 0.6) is 0 Å². The van der Waals surface area contributed by atoms with Gasteiger partial charge in [0.15, 0.2) is 0 Å². The van der Waals surface area contributed by atoms with E-state index in [2.05, 4.69) is 13.8 Å². The van der Waals surface area contributed by atoms with Crippen molar-refractivity contribution in [2.24, 2.45) is 0 Å². The quantitative estimate of drug-likeness (QED) is 0.602. The van der Waals surface area contributed by atoms with E-state index in [9.17, 15) is 4.79 Å². The first-order chi connectivity index (χ1) is 5.15. The van der Waals surface area contributed by atoms with E-state index < -0.39 is 0 Å². The fourth-order valence-corrected chi connectivity index (χ4v) is 0.677. The van der Waals surface area contributed by atoms with Gasteiger partial charge in [0.25, 0.3) is 0 Å². The minimum Gasteiger partial charge on any atom is -0.300 e. The molecule has 2 heteroatoms. The van der Waals surface area contributed by atoms with Gasteiger partial charge in [0.05, 0.1) is 0 Å². The molecule has 0 aliphatic carbocycles. The molecular formula is C10H22O2. The van der Waals surface area contributed by atoms with Gasteiger partial charge < -0.3 is 4.79 Å². The Balaban J connectivity index is -0.000000142. The Bertz CT molecular complexity index is 71.9. The maximum Gasteiger partial charge on any atom is 0.126 e. The second-order valence-corrected chi connectivity index (χ2v) is 2.97. The average Bonchev–Trinajstić information content (AvgIpc) is 1.88. The molecule has 0 bridgehead atoms. The molecule has 2 nitrogen and oxygen atoms in total. The summed E-state index contributed by atoms with van der Waals surface area (Å²) < 4.78 is 0. The Kier molecular flexibility index (Phi) is 24.9. The molecule has 0 unspecified atom stereocenters. The molecule has 0 amide bonds. The van der Waals surface area contributed by atoms with Gasteiger partial charge in [0.2, 0.25) is 0 Å². The Morgan fingerprint density at radius 2 is 1.17 bits per heavy atom. The molecule has 0 spiro atoms. The normalized spacial score (nSPS) is 7.67. The van der Waals surface area contributed by atoms with Crippen LogP contribution in [0.4, 0.5) is 0 Å².